The molecule has 1 aromatic rings. The molecule has 0 heterocycles. The lowest BCUT2D eigenvalue weighted by molar-refractivity contribution is -0.0108. The summed E-state index contributed by atoms with van der Waals surface area (Å²) in [6, 6.07) is 4.91. The number of nitrogens with two attached hydrogens (primary N) is 1. The van der Waals surface area contributed by atoms with Gasteiger partial charge in [-0.05, 0) is 20.4 Å². The van der Waals surface area contributed by atoms with Gasteiger partial charge in [0.05, 0.1) is 0 Å². The maximum Gasteiger partial charge on any atom is 0.274 e. The molecule has 0 bridgehead atoms. The third-order valence-corrected chi connectivity index (χ3v) is 2.10. The third-order valence-electron chi connectivity index (χ3n) is 2.10. The van der Waals surface area contributed by atoms with Crippen molar-refractivity contribution in [1.29, 1.82) is 0 Å². The van der Waals surface area contributed by atoms with Gasteiger partial charge in [-0.2, -0.15) is 0 Å². The van der Waals surface area contributed by atoms with E-state index in [9.17, 15) is 8.78 Å². The Morgan fingerprint density at radius 1 is 1.14 bits per heavy atom. The van der Waals surface area contributed by atoms with Crippen LogP contribution >= 0.6 is 0 Å². The topological polar surface area (TPSA) is 26.0 Å². The van der Waals surface area contributed by atoms with Crippen LogP contribution in [0.25, 0.3) is 0 Å². The highest BCUT2D eigenvalue weighted by molar-refractivity contribution is 5.31. The summed E-state index contributed by atoms with van der Waals surface area (Å²) in [7, 11) is 0. The van der Waals surface area contributed by atoms with E-state index in [0.717, 1.165) is 11.1 Å². The first-order chi connectivity index (χ1) is 6.45. The second-order valence-electron chi connectivity index (χ2n) is 3.62. The van der Waals surface area contributed by atoms with Crippen molar-refractivity contribution in [3.05, 3.63) is 34.9 Å². The molecule has 0 amide bonds. The van der Waals surface area contributed by atoms with E-state index >= 15 is 0 Å². The highest BCUT2D eigenvalue weighted by Crippen LogP contribution is 2.32. The van der Waals surface area contributed by atoms with E-state index in [4.69, 9.17) is 5.73 Å². The molecule has 14 heavy (non-hydrogen) atoms. The fraction of sp³-hybridized carbons (Fsp3) is 0.455. The average Bonchev–Trinajstić information content (AvgIpc) is 2.02. The molecule has 0 unspecified atom stereocenters. The molecule has 0 aromatic heterocycles. The Hall–Kier alpha value is -0.960. The van der Waals surface area contributed by atoms with Crippen LogP contribution in [-0.4, -0.2) is 6.54 Å². The molecule has 0 fully saturated rings. The van der Waals surface area contributed by atoms with Gasteiger partial charge in [0.25, 0.3) is 5.92 Å². The van der Waals surface area contributed by atoms with Crippen LogP contribution in [0.3, 0.4) is 0 Å². The van der Waals surface area contributed by atoms with Crippen molar-refractivity contribution < 1.29 is 8.78 Å². The number of halogens is 2. The van der Waals surface area contributed by atoms with Crippen molar-refractivity contribution in [1.82, 2.24) is 0 Å². The molecule has 0 aliphatic rings. The minimum atomic E-state index is -2.80. The maximum absolute atomic E-state index is 13.4. The molecule has 0 saturated carbocycles. The van der Waals surface area contributed by atoms with Gasteiger partial charge in [-0.15, -0.1) is 0 Å². The number of alkyl halides is 2. The minimum absolute atomic E-state index is 0.0000104. The summed E-state index contributed by atoms with van der Waals surface area (Å²) in [5, 5.41) is 0. The zero-order valence-corrected chi connectivity index (χ0v) is 8.48. The van der Waals surface area contributed by atoms with Gasteiger partial charge in [-0.25, -0.2) is 8.78 Å². The van der Waals surface area contributed by atoms with E-state index in [2.05, 4.69) is 0 Å². The normalized spacial score (nSPS) is 11.8. The molecule has 2 N–H and O–H groups in total. The summed E-state index contributed by atoms with van der Waals surface area (Å²) in [6.07, 6.45) is -0.296. The maximum atomic E-state index is 13.4. The summed E-state index contributed by atoms with van der Waals surface area (Å²) < 4.78 is 26.9. The van der Waals surface area contributed by atoms with E-state index in [-0.39, 0.29) is 18.5 Å². The lowest BCUT2D eigenvalue weighted by Crippen LogP contribution is -2.18. The van der Waals surface area contributed by atoms with Gasteiger partial charge in [0, 0.05) is 12.0 Å². The molecule has 0 aliphatic heterocycles. The van der Waals surface area contributed by atoms with Crippen LogP contribution < -0.4 is 5.73 Å². The number of hydrogen-bond donors (Lipinski definition) is 1. The Morgan fingerprint density at radius 3 is 2.07 bits per heavy atom. The highest BCUT2D eigenvalue weighted by Gasteiger charge is 2.30. The van der Waals surface area contributed by atoms with Gasteiger partial charge in [-0.1, -0.05) is 29.3 Å². The molecule has 1 rings (SSSR count). The Balaban J connectivity index is 3.05. The Morgan fingerprint density at radius 2 is 1.64 bits per heavy atom. The fourth-order valence-corrected chi connectivity index (χ4v) is 1.51. The van der Waals surface area contributed by atoms with Crippen LogP contribution in [-0.2, 0) is 5.92 Å². The van der Waals surface area contributed by atoms with Crippen LogP contribution in [0, 0.1) is 13.8 Å². The number of hydrogen-bond acceptors (Lipinski definition) is 1. The average molecular weight is 199 g/mol. The Kier molecular flexibility index (Phi) is 3.21. The molecule has 0 atom stereocenters. The minimum Gasteiger partial charge on any atom is -0.330 e. The van der Waals surface area contributed by atoms with Gasteiger partial charge < -0.3 is 5.73 Å². The smallest absolute Gasteiger partial charge is 0.274 e. The van der Waals surface area contributed by atoms with Gasteiger partial charge in [0.1, 0.15) is 0 Å². The van der Waals surface area contributed by atoms with E-state index in [1.807, 2.05) is 19.9 Å². The molecule has 1 aromatic carbocycles. The molecule has 78 valence electrons. The van der Waals surface area contributed by atoms with Crippen LogP contribution in [0.2, 0.25) is 0 Å². The Bertz CT molecular complexity index is 301. The molecule has 1 nitrogen and oxygen atoms in total. The summed E-state index contributed by atoms with van der Waals surface area (Å²) in [5.74, 6) is -2.80. The van der Waals surface area contributed by atoms with Crippen LogP contribution in [0.15, 0.2) is 18.2 Å². The second-order valence-corrected chi connectivity index (χ2v) is 3.62. The third kappa shape index (κ3) is 2.51. The summed E-state index contributed by atoms with van der Waals surface area (Å²) >= 11 is 0. The van der Waals surface area contributed by atoms with Gasteiger partial charge in [0.15, 0.2) is 0 Å². The summed E-state index contributed by atoms with van der Waals surface area (Å²) in [5.41, 5.74) is 6.93. The lowest BCUT2D eigenvalue weighted by atomic mass is 10.0. The lowest BCUT2D eigenvalue weighted by Gasteiger charge is -2.16. The van der Waals surface area contributed by atoms with Crippen LogP contribution in [0.5, 0.6) is 0 Å². The highest BCUT2D eigenvalue weighted by atomic mass is 19.3. The number of aryl methyl sites for hydroxylation is 2. The first-order valence-electron chi connectivity index (χ1n) is 4.62. The first kappa shape index (κ1) is 11.1. The monoisotopic (exact) mass is 199 g/mol. The zero-order chi connectivity index (χ0) is 10.8. The molecular weight excluding hydrogens is 184 g/mol. The van der Waals surface area contributed by atoms with Crippen molar-refractivity contribution in [2.45, 2.75) is 26.2 Å². The Labute approximate surface area is 82.9 Å². The molecular formula is C11H15F2N. The second kappa shape index (κ2) is 4.05. The van der Waals surface area contributed by atoms with Crippen molar-refractivity contribution in [3.8, 4) is 0 Å². The van der Waals surface area contributed by atoms with E-state index < -0.39 is 5.92 Å². The van der Waals surface area contributed by atoms with Crippen molar-refractivity contribution in [2.24, 2.45) is 5.73 Å². The van der Waals surface area contributed by atoms with E-state index in [1.54, 1.807) is 0 Å². The largest absolute Gasteiger partial charge is 0.330 e. The standard InChI is InChI=1S/C11H15F2N/c1-8-5-9(2)7-10(6-8)11(12,13)3-4-14/h5-7H,3-4,14H2,1-2H3. The van der Waals surface area contributed by atoms with Crippen LogP contribution in [0.4, 0.5) is 8.78 Å². The fourth-order valence-electron chi connectivity index (χ4n) is 1.51. The predicted molar refractivity (Wildman–Crippen MR) is 53.5 cm³/mol. The quantitative estimate of drug-likeness (QED) is 0.795. The molecule has 0 radical (unpaired) electrons. The first-order valence-corrected chi connectivity index (χ1v) is 4.62. The van der Waals surface area contributed by atoms with Gasteiger partial charge >= 0.3 is 0 Å². The predicted octanol–water partition coefficient (Wildman–Crippen LogP) is 2.74. The summed E-state index contributed by atoms with van der Waals surface area (Å²) in [6.45, 7) is 3.63. The van der Waals surface area contributed by atoms with E-state index in [1.165, 1.54) is 12.1 Å². The molecule has 3 heteroatoms. The van der Waals surface area contributed by atoms with Gasteiger partial charge in [0.2, 0.25) is 0 Å². The van der Waals surface area contributed by atoms with Gasteiger partial charge in [-0.3, -0.25) is 0 Å². The van der Waals surface area contributed by atoms with Crippen molar-refractivity contribution in [2.75, 3.05) is 6.54 Å². The number of benzene rings is 1. The van der Waals surface area contributed by atoms with Crippen LogP contribution in [0.1, 0.15) is 23.1 Å². The SMILES string of the molecule is Cc1cc(C)cc(C(F)(F)CCN)c1. The summed E-state index contributed by atoms with van der Waals surface area (Å²) in [4.78, 5) is 0. The molecule has 0 aliphatic carbocycles. The number of rotatable bonds is 3. The van der Waals surface area contributed by atoms with E-state index in [0.29, 0.717) is 0 Å². The molecule has 0 spiro atoms. The van der Waals surface area contributed by atoms with Crippen molar-refractivity contribution in [3.63, 3.8) is 0 Å². The van der Waals surface area contributed by atoms with Crippen molar-refractivity contribution >= 4 is 0 Å². The molecule has 0 saturated heterocycles. The zero-order valence-electron chi connectivity index (χ0n) is 8.48.